The number of hydrogen-bond acceptors (Lipinski definition) is 3. The Kier molecular flexibility index (Phi) is 22.1. The highest BCUT2D eigenvalue weighted by Gasteiger charge is 2.19. The number of carbonyl (C=O) groups is 2. The van der Waals surface area contributed by atoms with Crippen LogP contribution in [0.25, 0.3) is 0 Å². The van der Waals surface area contributed by atoms with Gasteiger partial charge in [0, 0.05) is 19.5 Å². The van der Waals surface area contributed by atoms with Crippen LogP contribution in [0.1, 0.15) is 129 Å². The average Bonchev–Trinajstić information content (AvgIpc) is 2.79. The summed E-state index contributed by atoms with van der Waals surface area (Å²) in [5.74, 6) is -0.0955. The van der Waals surface area contributed by atoms with Crippen LogP contribution in [0.15, 0.2) is 4.99 Å². The Bertz CT molecular complexity index is 507. The number of amides is 2. The lowest BCUT2D eigenvalue weighted by Gasteiger charge is -2.18. The van der Waals surface area contributed by atoms with Crippen LogP contribution >= 0.6 is 0 Å². The van der Waals surface area contributed by atoms with Crippen molar-refractivity contribution in [3.05, 3.63) is 0 Å². The third-order valence-corrected chi connectivity index (χ3v) is 5.93. The Morgan fingerprint density at radius 1 is 0.727 bits per heavy atom. The average molecular weight is 468 g/mol. The molecular weight excluding hydrogens is 414 g/mol. The third kappa shape index (κ3) is 21.8. The first-order valence-corrected chi connectivity index (χ1v) is 13.6. The number of nitrogens with zero attached hydrogens (tertiary/aromatic N) is 1. The quantitative estimate of drug-likeness (QED) is 0.0967. The second-order valence-electron chi connectivity index (χ2n) is 9.21. The van der Waals surface area contributed by atoms with Gasteiger partial charge in [-0.05, 0) is 25.7 Å². The van der Waals surface area contributed by atoms with Crippen LogP contribution in [-0.4, -0.2) is 36.9 Å². The van der Waals surface area contributed by atoms with E-state index in [4.69, 9.17) is 11.5 Å². The number of unbranched alkanes of at least 4 members (excludes halogenated alkanes) is 13. The molecule has 33 heavy (non-hydrogen) atoms. The van der Waals surface area contributed by atoms with E-state index in [1.54, 1.807) is 0 Å². The standard InChI is InChI=1S/C26H53N5O2/c1-3-5-7-9-11-13-15-17-21-29-25(33)23(19-18-22-30-26(27)28)31-24(32)20-16-14-12-10-8-6-4-2/h23H,3-22H2,1-2H3,(H,29,33)(H,31,32)(H4,27,28,30). The van der Waals surface area contributed by atoms with Gasteiger partial charge in [-0.25, -0.2) is 0 Å². The van der Waals surface area contributed by atoms with E-state index in [9.17, 15) is 9.59 Å². The first kappa shape index (κ1) is 31.2. The molecule has 0 aliphatic carbocycles. The molecule has 0 radical (unpaired) electrons. The molecule has 0 spiro atoms. The predicted molar refractivity (Wildman–Crippen MR) is 140 cm³/mol. The molecule has 0 aromatic carbocycles. The number of aliphatic imine (C=N–C) groups is 1. The Labute approximate surface area is 203 Å². The molecular formula is C26H53N5O2. The topological polar surface area (TPSA) is 123 Å². The van der Waals surface area contributed by atoms with E-state index in [-0.39, 0.29) is 17.8 Å². The predicted octanol–water partition coefficient (Wildman–Crippen LogP) is 4.92. The Morgan fingerprint density at radius 3 is 1.79 bits per heavy atom. The van der Waals surface area contributed by atoms with Gasteiger partial charge in [-0.3, -0.25) is 14.6 Å². The number of nitrogens with two attached hydrogens (primary N) is 2. The van der Waals surface area contributed by atoms with Gasteiger partial charge in [0.05, 0.1) is 0 Å². The maximum atomic E-state index is 12.7. The van der Waals surface area contributed by atoms with Gasteiger partial charge in [-0.1, -0.05) is 97.3 Å². The molecule has 0 aliphatic heterocycles. The summed E-state index contributed by atoms with van der Waals surface area (Å²) >= 11 is 0. The molecule has 0 saturated heterocycles. The number of rotatable bonds is 23. The maximum absolute atomic E-state index is 12.7. The van der Waals surface area contributed by atoms with Crippen LogP contribution in [0.2, 0.25) is 0 Å². The van der Waals surface area contributed by atoms with Crippen molar-refractivity contribution in [2.75, 3.05) is 13.1 Å². The van der Waals surface area contributed by atoms with Crippen molar-refractivity contribution in [3.63, 3.8) is 0 Å². The molecule has 0 aromatic heterocycles. The van der Waals surface area contributed by atoms with E-state index < -0.39 is 6.04 Å². The van der Waals surface area contributed by atoms with Crippen molar-refractivity contribution in [1.29, 1.82) is 0 Å². The highest BCUT2D eigenvalue weighted by Crippen LogP contribution is 2.10. The minimum atomic E-state index is -0.523. The molecule has 1 atom stereocenters. The fraction of sp³-hybridized carbons (Fsp3) is 0.885. The number of hydrogen-bond donors (Lipinski definition) is 4. The molecule has 0 aromatic rings. The lowest BCUT2D eigenvalue weighted by atomic mass is 10.1. The number of guanidine groups is 1. The highest BCUT2D eigenvalue weighted by molar-refractivity contribution is 5.87. The molecule has 7 nitrogen and oxygen atoms in total. The Balaban J connectivity index is 4.22. The lowest BCUT2D eigenvalue weighted by molar-refractivity contribution is -0.129. The van der Waals surface area contributed by atoms with Crippen LogP contribution in [0.3, 0.4) is 0 Å². The zero-order chi connectivity index (χ0) is 24.6. The summed E-state index contributed by atoms with van der Waals surface area (Å²) < 4.78 is 0. The SMILES string of the molecule is CCCCCCCCCCNC(=O)C(CCCN=C(N)N)NC(=O)CCCCCCCCC. The monoisotopic (exact) mass is 467 g/mol. The maximum Gasteiger partial charge on any atom is 0.242 e. The molecule has 6 N–H and O–H groups in total. The summed E-state index contributed by atoms with van der Waals surface area (Å²) in [5, 5.41) is 5.94. The van der Waals surface area contributed by atoms with Crippen LogP contribution in [0.5, 0.6) is 0 Å². The summed E-state index contributed by atoms with van der Waals surface area (Å²) in [7, 11) is 0. The van der Waals surface area contributed by atoms with Crippen LogP contribution in [-0.2, 0) is 9.59 Å². The van der Waals surface area contributed by atoms with Crippen molar-refractivity contribution in [3.8, 4) is 0 Å². The normalized spacial score (nSPS) is 11.7. The van der Waals surface area contributed by atoms with E-state index >= 15 is 0 Å². The van der Waals surface area contributed by atoms with Crippen LogP contribution in [0.4, 0.5) is 0 Å². The molecule has 1 unspecified atom stereocenters. The van der Waals surface area contributed by atoms with Crippen molar-refractivity contribution in [2.24, 2.45) is 16.5 Å². The van der Waals surface area contributed by atoms with Crippen molar-refractivity contribution in [2.45, 2.75) is 135 Å². The number of carbonyl (C=O) groups excluding carboxylic acids is 2. The van der Waals surface area contributed by atoms with E-state index in [1.165, 1.54) is 70.6 Å². The minimum Gasteiger partial charge on any atom is -0.370 e. The van der Waals surface area contributed by atoms with Gasteiger partial charge in [0.2, 0.25) is 11.8 Å². The smallest absolute Gasteiger partial charge is 0.242 e. The van der Waals surface area contributed by atoms with E-state index in [0.717, 1.165) is 25.7 Å². The Morgan fingerprint density at radius 2 is 1.24 bits per heavy atom. The first-order valence-electron chi connectivity index (χ1n) is 13.6. The van der Waals surface area contributed by atoms with Crippen molar-refractivity contribution >= 4 is 17.8 Å². The van der Waals surface area contributed by atoms with Crippen LogP contribution in [0, 0.1) is 0 Å². The second kappa shape index (κ2) is 23.4. The van der Waals surface area contributed by atoms with Gasteiger partial charge in [0.25, 0.3) is 0 Å². The summed E-state index contributed by atoms with van der Waals surface area (Å²) in [5.41, 5.74) is 10.7. The molecule has 7 heteroatoms. The fourth-order valence-corrected chi connectivity index (χ4v) is 3.88. The highest BCUT2D eigenvalue weighted by atomic mass is 16.2. The molecule has 2 amide bonds. The van der Waals surface area contributed by atoms with Crippen molar-refractivity contribution < 1.29 is 9.59 Å². The molecule has 0 bridgehead atoms. The van der Waals surface area contributed by atoms with E-state index in [0.29, 0.717) is 32.4 Å². The molecule has 0 rings (SSSR count). The fourth-order valence-electron chi connectivity index (χ4n) is 3.88. The third-order valence-electron chi connectivity index (χ3n) is 5.93. The zero-order valence-electron chi connectivity index (χ0n) is 21.6. The summed E-state index contributed by atoms with van der Waals surface area (Å²) in [6, 6.07) is -0.523. The molecule has 194 valence electrons. The largest absolute Gasteiger partial charge is 0.370 e. The Hall–Kier alpha value is -1.79. The number of nitrogens with one attached hydrogen (secondary N) is 2. The van der Waals surface area contributed by atoms with E-state index in [2.05, 4.69) is 29.5 Å². The van der Waals surface area contributed by atoms with Gasteiger partial charge in [0.15, 0.2) is 5.96 Å². The molecule has 0 heterocycles. The minimum absolute atomic E-state index is 0.0439. The summed E-state index contributed by atoms with van der Waals surface area (Å²) in [6.45, 7) is 5.56. The second-order valence-corrected chi connectivity index (χ2v) is 9.21. The van der Waals surface area contributed by atoms with Gasteiger partial charge in [0.1, 0.15) is 6.04 Å². The summed E-state index contributed by atoms with van der Waals surface area (Å²) in [6.07, 6.45) is 19.6. The van der Waals surface area contributed by atoms with Gasteiger partial charge in [-0.2, -0.15) is 0 Å². The first-order chi connectivity index (χ1) is 16.0. The summed E-state index contributed by atoms with van der Waals surface area (Å²) in [4.78, 5) is 29.1. The van der Waals surface area contributed by atoms with Gasteiger partial charge in [-0.15, -0.1) is 0 Å². The molecule has 0 aliphatic rings. The molecule has 0 fully saturated rings. The van der Waals surface area contributed by atoms with Gasteiger partial charge >= 0.3 is 0 Å². The lowest BCUT2D eigenvalue weighted by Crippen LogP contribution is -2.47. The van der Waals surface area contributed by atoms with Gasteiger partial charge < -0.3 is 22.1 Å². The zero-order valence-corrected chi connectivity index (χ0v) is 21.6. The molecule has 0 saturated carbocycles. The van der Waals surface area contributed by atoms with Crippen LogP contribution < -0.4 is 22.1 Å². The van der Waals surface area contributed by atoms with E-state index in [1.807, 2.05) is 0 Å². The van der Waals surface area contributed by atoms with Crippen molar-refractivity contribution in [1.82, 2.24) is 10.6 Å².